The SMILES string of the molecule is Cc1cc(C)c(NC(=O)c2cc(Nc3cccc4cccnc34)nc(C)n2)c(C)c1. The molecule has 30 heavy (non-hydrogen) atoms. The predicted octanol–water partition coefficient (Wildman–Crippen LogP) is 5.25. The fourth-order valence-electron chi connectivity index (χ4n) is 3.65. The molecular formula is C24H23N5O. The van der Waals surface area contributed by atoms with Gasteiger partial charge in [-0.1, -0.05) is 35.9 Å². The molecule has 0 spiro atoms. The number of carbonyl (C=O) groups excluding carboxylic acids is 1. The van der Waals surface area contributed by atoms with Crippen LogP contribution in [0.15, 0.2) is 54.7 Å². The summed E-state index contributed by atoms with van der Waals surface area (Å²) < 4.78 is 0. The first-order valence-corrected chi connectivity index (χ1v) is 9.76. The monoisotopic (exact) mass is 397 g/mol. The number of nitrogens with one attached hydrogen (secondary N) is 2. The van der Waals surface area contributed by atoms with Crippen LogP contribution in [0.1, 0.15) is 33.0 Å². The Hall–Kier alpha value is -3.80. The third kappa shape index (κ3) is 3.98. The summed E-state index contributed by atoms with van der Waals surface area (Å²) >= 11 is 0. The average molecular weight is 397 g/mol. The lowest BCUT2D eigenvalue weighted by molar-refractivity contribution is 0.102. The number of para-hydroxylation sites is 1. The van der Waals surface area contributed by atoms with Crippen LogP contribution in [0, 0.1) is 27.7 Å². The summed E-state index contributed by atoms with van der Waals surface area (Å²) in [4.78, 5) is 26.2. The molecule has 2 aromatic carbocycles. The van der Waals surface area contributed by atoms with E-state index in [2.05, 4.69) is 25.6 Å². The maximum absolute atomic E-state index is 12.9. The molecule has 0 aliphatic carbocycles. The molecule has 6 nitrogen and oxygen atoms in total. The molecular weight excluding hydrogens is 374 g/mol. The highest BCUT2D eigenvalue weighted by molar-refractivity contribution is 6.04. The summed E-state index contributed by atoms with van der Waals surface area (Å²) in [5.74, 6) is 0.786. The van der Waals surface area contributed by atoms with Gasteiger partial charge in [0.2, 0.25) is 0 Å². The molecule has 0 bridgehead atoms. The van der Waals surface area contributed by atoms with Crippen molar-refractivity contribution in [2.75, 3.05) is 10.6 Å². The summed E-state index contributed by atoms with van der Waals surface area (Å²) in [6.45, 7) is 7.79. The van der Waals surface area contributed by atoms with Gasteiger partial charge in [0.1, 0.15) is 17.3 Å². The van der Waals surface area contributed by atoms with Gasteiger partial charge in [0, 0.05) is 23.3 Å². The Morgan fingerprint density at radius 3 is 2.40 bits per heavy atom. The molecule has 4 aromatic rings. The molecule has 2 heterocycles. The number of hydrogen-bond donors (Lipinski definition) is 2. The highest BCUT2D eigenvalue weighted by Gasteiger charge is 2.14. The van der Waals surface area contributed by atoms with Crippen LogP contribution >= 0.6 is 0 Å². The molecule has 0 atom stereocenters. The molecule has 4 rings (SSSR count). The van der Waals surface area contributed by atoms with Crippen LogP contribution in [0.3, 0.4) is 0 Å². The minimum Gasteiger partial charge on any atom is -0.338 e. The minimum absolute atomic E-state index is 0.269. The van der Waals surface area contributed by atoms with Crippen LogP contribution < -0.4 is 10.6 Å². The second kappa shape index (κ2) is 7.91. The first kappa shape index (κ1) is 19.5. The molecule has 150 valence electrons. The first-order chi connectivity index (χ1) is 14.4. The average Bonchev–Trinajstić information content (AvgIpc) is 2.70. The molecule has 0 saturated heterocycles. The Labute approximate surface area is 175 Å². The summed E-state index contributed by atoms with van der Waals surface area (Å²) in [5, 5.41) is 7.31. The summed E-state index contributed by atoms with van der Waals surface area (Å²) in [6.07, 6.45) is 1.75. The number of fused-ring (bicyclic) bond motifs is 1. The van der Waals surface area contributed by atoms with Crippen LogP contribution in [0.25, 0.3) is 10.9 Å². The van der Waals surface area contributed by atoms with Crippen molar-refractivity contribution in [1.29, 1.82) is 0 Å². The Kier molecular flexibility index (Phi) is 5.14. The van der Waals surface area contributed by atoms with Crippen molar-refractivity contribution in [3.05, 3.63) is 82.9 Å². The zero-order chi connectivity index (χ0) is 21.3. The number of aromatic nitrogens is 3. The van der Waals surface area contributed by atoms with Gasteiger partial charge in [0.05, 0.1) is 11.2 Å². The molecule has 1 amide bonds. The zero-order valence-corrected chi connectivity index (χ0v) is 17.4. The molecule has 0 aliphatic rings. The summed E-state index contributed by atoms with van der Waals surface area (Å²) in [6, 6.07) is 15.6. The van der Waals surface area contributed by atoms with Gasteiger partial charge in [0.15, 0.2) is 0 Å². The fourth-order valence-corrected chi connectivity index (χ4v) is 3.65. The maximum atomic E-state index is 12.9. The Morgan fingerprint density at radius 1 is 0.900 bits per heavy atom. The lowest BCUT2D eigenvalue weighted by Gasteiger charge is -2.14. The highest BCUT2D eigenvalue weighted by Crippen LogP contribution is 2.25. The van der Waals surface area contributed by atoms with Gasteiger partial charge < -0.3 is 10.6 Å². The van der Waals surface area contributed by atoms with Crippen molar-refractivity contribution in [1.82, 2.24) is 15.0 Å². The van der Waals surface area contributed by atoms with Gasteiger partial charge in [-0.3, -0.25) is 9.78 Å². The number of aryl methyl sites for hydroxylation is 4. The van der Waals surface area contributed by atoms with E-state index in [1.807, 2.05) is 63.2 Å². The molecule has 0 aliphatic heterocycles. The van der Waals surface area contributed by atoms with Gasteiger partial charge in [-0.15, -0.1) is 0 Å². The third-order valence-electron chi connectivity index (χ3n) is 4.88. The second-order valence-corrected chi connectivity index (χ2v) is 7.42. The van der Waals surface area contributed by atoms with E-state index in [0.29, 0.717) is 17.3 Å². The highest BCUT2D eigenvalue weighted by atomic mass is 16.1. The van der Waals surface area contributed by atoms with Crippen LogP contribution in [0.5, 0.6) is 0 Å². The van der Waals surface area contributed by atoms with Crippen molar-refractivity contribution in [2.45, 2.75) is 27.7 Å². The van der Waals surface area contributed by atoms with Crippen molar-refractivity contribution < 1.29 is 4.79 Å². The van der Waals surface area contributed by atoms with Crippen LogP contribution in [0.4, 0.5) is 17.2 Å². The van der Waals surface area contributed by atoms with Gasteiger partial charge >= 0.3 is 0 Å². The van der Waals surface area contributed by atoms with E-state index in [1.54, 1.807) is 19.2 Å². The molecule has 6 heteroatoms. The minimum atomic E-state index is -0.269. The number of nitrogens with zero attached hydrogens (tertiary/aromatic N) is 3. The number of benzene rings is 2. The standard InChI is InChI=1S/C24H23N5O/c1-14-11-15(2)22(16(3)12-14)29-24(30)20-13-21(27-17(4)26-20)28-19-9-5-7-18-8-6-10-25-23(18)19/h5-13H,1-4H3,(H,29,30)(H,26,27,28). The van der Waals surface area contributed by atoms with E-state index >= 15 is 0 Å². The van der Waals surface area contributed by atoms with Gasteiger partial charge in [0.25, 0.3) is 5.91 Å². The van der Waals surface area contributed by atoms with Crippen molar-refractivity contribution >= 4 is 34.0 Å². The zero-order valence-electron chi connectivity index (χ0n) is 17.4. The van der Waals surface area contributed by atoms with E-state index in [-0.39, 0.29) is 5.91 Å². The normalized spacial score (nSPS) is 10.8. The van der Waals surface area contributed by atoms with Crippen molar-refractivity contribution in [2.24, 2.45) is 0 Å². The Bertz CT molecular complexity index is 1240. The molecule has 0 fully saturated rings. The molecule has 0 unspecified atom stereocenters. The summed E-state index contributed by atoms with van der Waals surface area (Å²) in [7, 11) is 0. The van der Waals surface area contributed by atoms with E-state index in [1.165, 1.54) is 0 Å². The molecule has 2 aromatic heterocycles. The fraction of sp³-hybridized carbons (Fsp3) is 0.167. The van der Waals surface area contributed by atoms with E-state index in [4.69, 9.17) is 0 Å². The van der Waals surface area contributed by atoms with Crippen LogP contribution in [-0.4, -0.2) is 20.9 Å². The lowest BCUT2D eigenvalue weighted by Crippen LogP contribution is -2.17. The third-order valence-corrected chi connectivity index (χ3v) is 4.88. The van der Waals surface area contributed by atoms with Crippen LogP contribution in [0.2, 0.25) is 0 Å². The molecule has 0 saturated carbocycles. The van der Waals surface area contributed by atoms with E-state index in [9.17, 15) is 4.79 Å². The van der Waals surface area contributed by atoms with E-state index in [0.717, 1.165) is 39.0 Å². The number of carbonyl (C=O) groups is 1. The van der Waals surface area contributed by atoms with Gasteiger partial charge in [-0.05, 0) is 51.0 Å². The number of rotatable bonds is 4. The summed E-state index contributed by atoms with van der Waals surface area (Å²) in [5.41, 5.74) is 5.98. The van der Waals surface area contributed by atoms with Gasteiger partial charge in [-0.2, -0.15) is 0 Å². The van der Waals surface area contributed by atoms with Gasteiger partial charge in [-0.25, -0.2) is 9.97 Å². The number of amides is 1. The Balaban J connectivity index is 1.64. The largest absolute Gasteiger partial charge is 0.338 e. The van der Waals surface area contributed by atoms with E-state index < -0.39 is 0 Å². The lowest BCUT2D eigenvalue weighted by atomic mass is 10.0. The smallest absolute Gasteiger partial charge is 0.274 e. The first-order valence-electron chi connectivity index (χ1n) is 9.76. The Morgan fingerprint density at radius 2 is 1.63 bits per heavy atom. The predicted molar refractivity (Wildman–Crippen MR) is 120 cm³/mol. The van der Waals surface area contributed by atoms with Crippen molar-refractivity contribution in [3.63, 3.8) is 0 Å². The maximum Gasteiger partial charge on any atom is 0.274 e. The number of hydrogen-bond acceptors (Lipinski definition) is 5. The molecule has 2 N–H and O–H groups in total. The topological polar surface area (TPSA) is 79.8 Å². The van der Waals surface area contributed by atoms with Crippen molar-refractivity contribution in [3.8, 4) is 0 Å². The second-order valence-electron chi connectivity index (χ2n) is 7.42. The molecule has 0 radical (unpaired) electrons. The number of pyridine rings is 1. The quantitative estimate of drug-likeness (QED) is 0.491. The number of anilines is 3. The van der Waals surface area contributed by atoms with Crippen LogP contribution in [-0.2, 0) is 0 Å².